The normalized spacial score (nSPS) is 10.8. The number of aryl methyl sites for hydroxylation is 2. The van der Waals surface area contributed by atoms with Crippen LogP contribution >= 0.6 is 0 Å². The molecule has 3 aromatic heterocycles. The second kappa shape index (κ2) is 8.09. The van der Waals surface area contributed by atoms with E-state index in [0.717, 1.165) is 34.0 Å². The van der Waals surface area contributed by atoms with E-state index in [4.69, 9.17) is 10.8 Å². The van der Waals surface area contributed by atoms with Gasteiger partial charge in [0.2, 0.25) is 0 Å². The number of rotatable bonds is 4. The molecule has 3 heterocycles. The maximum absolute atomic E-state index is 9.99. The molecule has 0 aliphatic heterocycles. The third-order valence-corrected chi connectivity index (χ3v) is 5.49. The topological polar surface area (TPSA) is 98.3 Å². The summed E-state index contributed by atoms with van der Waals surface area (Å²) in [4.78, 5) is 8.93. The molecule has 0 fully saturated rings. The summed E-state index contributed by atoms with van der Waals surface area (Å²) in [5.41, 5.74) is 12.3. The Labute approximate surface area is 191 Å². The van der Waals surface area contributed by atoms with Crippen LogP contribution in [0.1, 0.15) is 17.0 Å². The number of pyridine rings is 1. The molecule has 0 saturated heterocycles. The van der Waals surface area contributed by atoms with Gasteiger partial charge in [0.05, 0.1) is 22.8 Å². The Morgan fingerprint density at radius 3 is 2.30 bits per heavy atom. The largest absolute Gasteiger partial charge is 0.383 e. The number of nitrogens with zero attached hydrogens (tertiary/aromatic N) is 6. The van der Waals surface area contributed by atoms with Gasteiger partial charge < -0.3 is 5.73 Å². The molecule has 0 spiro atoms. The third-order valence-electron chi connectivity index (χ3n) is 5.49. The fourth-order valence-electron chi connectivity index (χ4n) is 3.99. The highest BCUT2D eigenvalue weighted by Crippen LogP contribution is 2.37. The van der Waals surface area contributed by atoms with Crippen LogP contribution in [-0.2, 0) is 0 Å². The van der Waals surface area contributed by atoms with Gasteiger partial charge in [-0.25, -0.2) is 14.6 Å². The molecule has 0 radical (unpaired) electrons. The minimum atomic E-state index is 0.188. The molecule has 0 aliphatic carbocycles. The molecule has 0 aliphatic rings. The maximum Gasteiger partial charge on any atom is 0.149 e. The van der Waals surface area contributed by atoms with Crippen molar-refractivity contribution >= 4 is 5.82 Å². The number of hydrogen-bond donors (Lipinski definition) is 1. The van der Waals surface area contributed by atoms with E-state index in [1.807, 2.05) is 96.0 Å². The predicted molar refractivity (Wildman–Crippen MR) is 128 cm³/mol. The van der Waals surface area contributed by atoms with E-state index >= 15 is 0 Å². The zero-order valence-electron chi connectivity index (χ0n) is 18.3. The number of hydrogen-bond acceptors (Lipinski definition) is 5. The minimum absolute atomic E-state index is 0.188. The van der Waals surface area contributed by atoms with Gasteiger partial charge in [-0.05, 0) is 32.0 Å². The Morgan fingerprint density at radius 2 is 1.67 bits per heavy atom. The summed E-state index contributed by atoms with van der Waals surface area (Å²) in [6.45, 7) is 3.87. The summed E-state index contributed by atoms with van der Waals surface area (Å²) < 4.78 is 3.80. The Hall–Kier alpha value is -4.70. The summed E-state index contributed by atoms with van der Waals surface area (Å²) in [5, 5.41) is 14.8. The van der Waals surface area contributed by atoms with Crippen LogP contribution in [0.4, 0.5) is 5.82 Å². The minimum Gasteiger partial charge on any atom is -0.383 e. The van der Waals surface area contributed by atoms with E-state index in [-0.39, 0.29) is 5.82 Å². The number of nitrogen functional groups attached to an aromatic ring is 1. The second-order valence-corrected chi connectivity index (χ2v) is 7.75. The molecule has 0 unspecified atom stereocenters. The van der Waals surface area contributed by atoms with E-state index in [2.05, 4.69) is 16.0 Å². The van der Waals surface area contributed by atoms with Gasteiger partial charge in [-0.15, -0.1) is 0 Å². The van der Waals surface area contributed by atoms with Gasteiger partial charge >= 0.3 is 0 Å². The molecular weight excluding hydrogens is 410 g/mol. The first-order chi connectivity index (χ1) is 16.1. The van der Waals surface area contributed by atoms with Crippen molar-refractivity contribution in [3.05, 3.63) is 96.2 Å². The monoisotopic (exact) mass is 431 g/mol. The predicted octanol–water partition coefficient (Wildman–Crippen LogP) is 4.86. The molecule has 0 bridgehead atoms. The molecule has 0 atom stereocenters. The standard InChI is InChI=1S/C26H21N7/c1-17-15-32(16-29-17)26-24(18(2)31-33(26)20-11-7-4-8-12-20)21-13-23(19-9-5-3-6-10-19)30-25(28)22(21)14-27/h3-13,15-16H,1-2H3,(H2,28,30). The summed E-state index contributed by atoms with van der Waals surface area (Å²) >= 11 is 0. The summed E-state index contributed by atoms with van der Waals surface area (Å²) in [6, 6.07) is 23.8. The van der Waals surface area contributed by atoms with Crippen LogP contribution in [0.3, 0.4) is 0 Å². The Bertz CT molecular complexity index is 1490. The first kappa shape index (κ1) is 20.2. The van der Waals surface area contributed by atoms with Crippen LogP contribution in [0.25, 0.3) is 33.9 Å². The highest BCUT2D eigenvalue weighted by molar-refractivity contribution is 5.85. The van der Waals surface area contributed by atoms with Gasteiger partial charge in [0.15, 0.2) is 0 Å². The van der Waals surface area contributed by atoms with Crippen LogP contribution < -0.4 is 5.73 Å². The number of anilines is 1. The molecular formula is C26H21N7. The first-order valence-corrected chi connectivity index (χ1v) is 10.5. The molecule has 7 nitrogen and oxygen atoms in total. The van der Waals surface area contributed by atoms with Crippen molar-refractivity contribution in [2.24, 2.45) is 0 Å². The number of benzene rings is 2. The van der Waals surface area contributed by atoms with Crippen molar-refractivity contribution in [3.63, 3.8) is 0 Å². The quantitative estimate of drug-likeness (QED) is 0.438. The highest BCUT2D eigenvalue weighted by Gasteiger charge is 2.24. The number of nitriles is 1. The lowest BCUT2D eigenvalue weighted by Gasteiger charge is -2.13. The number of imidazole rings is 1. The first-order valence-electron chi connectivity index (χ1n) is 10.5. The lowest BCUT2D eigenvalue weighted by atomic mass is 9.98. The van der Waals surface area contributed by atoms with Crippen LogP contribution in [0.5, 0.6) is 0 Å². The third kappa shape index (κ3) is 3.54. The average Bonchev–Trinajstić information content (AvgIpc) is 3.42. The number of aromatic nitrogens is 5. The molecule has 2 N–H and O–H groups in total. The fraction of sp³-hybridized carbons (Fsp3) is 0.0769. The van der Waals surface area contributed by atoms with E-state index in [1.54, 1.807) is 6.33 Å². The lowest BCUT2D eigenvalue weighted by Crippen LogP contribution is -2.06. The van der Waals surface area contributed by atoms with Crippen molar-refractivity contribution < 1.29 is 0 Å². The highest BCUT2D eigenvalue weighted by atomic mass is 15.4. The van der Waals surface area contributed by atoms with E-state index in [0.29, 0.717) is 16.8 Å². The van der Waals surface area contributed by atoms with Crippen molar-refractivity contribution in [1.29, 1.82) is 5.26 Å². The summed E-state index contributed by atoms with van der Waals surface area (Å²) in [7, 11) is 0. The van der Waals surface area contributed by atoms with Crippen molar-refractivity contribution in [3.8, 4) is 40.0 Å². The molecule has 0 saturated carbocycles. The smallest absolute Gasteiger partial charge is 0.149 e. The van der Waals surface area contributed by atoms with E-state index in [9.17, 15) is 5.26 Å². The average molecular weight is 432 g/mol. The molecule has 0 amide bonds. The van der Waals surface area contributed by atoms with Gasteiger partial charge in [0.1, 0.15) is 29.6 Å². The Morgan fingerprint density at radius 1 is 0.970 bits per heavy atom. The van der Waals surface area contributed by atoms with Crippen LogP contribution in [0, 0.1) is 25.2 Å². The van der Waals surface area contributed by atoms with Crippen molar-refractivity contribution in [1.82, 2.24) is 24.3 Å². The number of para-hydroxylation sites is 1. The van der Waals surface area contributed by atoms with Gasteiger partial charge in [-0.3, -0.25) is 4.57 Å². The van der Waals surface area contributed by atoms with Crippen LogP contribution in [0.2, 0.25) is 0 Å². The lowest BCUT2D eigenvalue weighted by molar-refractivity contribution is 0.811. The molecule has 5 aromatic rings. The Balaban J connectivity index is 1.85. The van der Waals surface area contributed by atoms with Crippen molar-refractivity contribution in [2.75, 3.05) is 5.73 Å². The van der Waals surface area contributed by atoms with Crippen molar-refractivity contribution in [2.45, 2.75) is 13.8 Å². The van der Waals surface area contributed by atoms with Gasteiger partial charge in [0.25, 0.3) is 0 Å². The van der Waals surface area contributed by atoms with E-state index < -0.39 is 0 Å². The summed E-state index contributed by atoms with van der Waals surface area (Å²) in [6.07, 6.45) is 3.69. The molecule has 33 heavy (non-hydrogen) atoms. The zero-order valence-corrected chi connectivity index (χ0v) is 18.3. The van der Waals surface area contributed by atoms with E-state index in [1.165, 1.54) is 0 Å². The summed E-state index contributed by atoms with van der Waals surface area (Å²) in [5.74, 6) is 0.967. The molecule has 2 aromatic carbocycles. The molecule has 5 rings (SSSR count). The second-order valence-electron chi connectivity index (χ2n) is 7.75. The van der Waals surface area contributed by atoms with Gasteiger partial charge in [-0.2, -0.15) is 10.4 Å². The Kier molecular flexibility index (Phi) is 4.96. The molecule has 7 heteroatoms. The van der Waals surface area contributed by atoms with Crippen LogP contribution in [0.15, 0.2) is 79.3 Å². The van der Waals surface area contributed by atoms with Crippen LogP contribution in [-0.4, -0.2) is 24.3 Å². The zero-order chi connectivity index (χ0) is 22.9. The van der Waals surface area contributed by atoms with Gasteiger partial charge in [0, 0.05) is 22.9 Å². The SMILES string of the molecule is Cc1cn(-c2c(-c3cc(-c4ccccc4)nc(N)c3C#N)c(C)nn2-c2ccccc2)cn1. The fourth-order valence-corrected chi connectivity index (χ4v) is 3.99. The maximum atomic E-state index is 9.99. The van der Waals surface area contributed by atoms with Gasteiger partial charge in [-0.1, -0.05) is 48.5 Å². The number of nitrogens with two attached hydrogens (primary N) is 1. The molecule has 160 valence electrons.